The van der Waals surface area contributed by atoms with Crippen molar-refractivity contribution in [2.45, 2.75) is 36.7 Å². The van der Waals surface area contributed by atoms with Crippen LogP contribution in [0.4, 0.5) is 4.79 Å². The minimum absolute atomic E-state index is 0.210. The molecule has 2 amide bonds. The van der Waals surface area contributed by atoms with Crippen LogP contribution in [-0.4, -0.2) is 53.8 Å². The zero-order valence-corrected chi connectivity index (χ0v) is 19.1. The number of amides is 2. The summed E-state index contributed by atoms with van der Waals surface area (Å²) in [6.45, 7) is 0.210. The highest BCUT2D eigenvalue weighted by molar-refractivity contribution is 6.16. The van der Waals surface area contributed by atoms with Gasteiger partial charge < -0.3 is 18.9 Å². The molecule has 36 heavy (non-hydrogen) atoms. The zero-order chi connectivity index (χ0) is 24.6. The van der Waals surface area contributed by atoms with Gasteiger partial charge in [0, 0.05) is 11.1 Å². The lowest BCUT2D eigenvalue weighted by molar-refractivity contribution is -0.254. The second-order valence-corrected chi connectivity index (χ2v) is 8.87. The third-order valence-corrected chi connectivity index (χ3v) is 6.68. The van der Waals surface area contributed by atoms with Crippen molar-refractivity contribution in [1.29, 1.82) is 0 Å². The summed E-state index contributed by atoms with van der Waals surface area (Å²) in [5.74, 6) is -2.35. The quantitative estimate of drug-likeness (QED) is 0.401. The monoisotopic (exact) mass is 485 g/mol. The molecule has 3 heterocycles. The van der Waals surface area contributed by atoms with Gasteiger partial charge in [-0.25, -0.2) is 9.69 Å². The highest BCUT2D eigenvalue weighted by Gasteiger charge is 2.61. The van der Waals surface area contributed by atoms with Crippen LogP contribution in [0.15, 0.2) is 91.0 Å². The van der Waals surface area contributed by atoms with Crippen molar-refractivity contribution in [2.75, 3.05) is 6.61 Å². The molecule has 0 bridgehead atoms. The summed E-state index contributed by atoms with van der Waals surface area (Å²) >= 11 is 0. The normalized spacial score (nSPS) is 27.6. The maximum absolute atomic E-state index is 13.9. The molecule has 3 aliphatic rings. The molecule has 6 atom stereocenters. The van der Waals surface area contributed by atoms with E-state index in [1.165, 1.54) is 0 Å². The number of fused-ring (bicyclic) bond motifs is 3. The standard InChI is InChI=1S/C28H23NO7/c30-22(18-12-6-2-7-13-18)21(17-10-4-1-5-11-17)25(31)29-26-24(36-28(29)32)23-20(34-26)16-33-27(35-23)19-14-8-3-9-15-19/h1-15,20-21,23-24,26-27H,16H2/t20-,21-,23+,24-,26+,27+/m1/s1. The van der Waals surface area contributed by atoms with Gasteiger partial charge in [0.15, 0.2) is 24.4 Å². The van der Waals surface area contributed by atoms with E-state index in [1.807, 2.05) is 30.3 Å². The molecule has 3 aromatic carbocycles. The summed E-state index contributed by atoms with van der Waals surface area (Å²) in [4.78, 5) is 41.2. The Morgan fingerprint density at radius 2 is 1.44 bits per heavy atom. The first-order valence-corrected chi connectivity index (χ1v) is 11.8. The number of rotatable bonds is 5. The van der Waals surface area contributed by atoms with E-state index < -0.39 is 54.5 Å². The Labute approximate surface area is 207 Å². The molecule has 0 N–H and O–H groups in total. The summed E-state index contributed by atoms with van der Waals surface area (Å²) in [5.41, 5.74) is 1.67. The highest BCUT2D eigenvalue weighted by Crippen LogP contribution is 2.41. The highest BCUT2D eigenvalue weighted by atomic mass is 16.7. The smallest absolute Gasteiger partial charge is 0.419 e. The van der Waals surface area contributed by atoms with E-state index in [0.717, 1.165) is 10.5 Å². The average molecular weight is 485 g/mol. The second-order valence-electron chi connectivity index (χ2n) is 8.87. The molecule has 3 fully saturated rings. The molecule has 0 aromatic heterocycles. The van der Waals surface area contributed by atoms with Crippen LogP contribution in [0.2, 0.25) is 0 Å². The maximum Gasteiger partial charge on any atom is 0.419 e. The van der Waals surface area contributed by atoms with Crippen molar-refractivity contribution >= 4 is 17.8 Å². The first-order valence-electron chi connectivity index (χ1n) is 11.8. The average Bonchev–Trinajstić information content (AvgIpc) is 3.44. The van der Waals surface area contributed by atoms with Gasteiger partial charge >= 0.3 is 6.09 Å². The molecule has 3 aliphatic heterocycles. The van der Waals surface area contributed by atoms with E-state index >= 15 is 0 Å². The van der Waals surface area contributed by atoms with Crippen LogP contribution in [0.25, 0.3) is 0 Å². The Morgan fingerprint density at radius 3 is 2.14 bits per heavy atom. The van der Waals surface area contributed by atoms with Gasteiger partial charge in [-0.2, -0.15) is 0 Å². The number of carbonyl (C=O) groups is 3. The van der Waals surface area contributed by atoms with Crippen molar-refractivity contribution < 1.29 is 33.3 Å². The minimum Gasteiger partial charge on any atom is -0.438 e. The van der Waals surface area contributed by atoms with E-state index in [9.17, 15) is 14.4 Å². The van der Waals surface area contributed by atoms with Crippen LogP contribution in [0.3, 0.4) is 0 Å². The Morgan fingerprint density at radius 1 is 0.806 bits per heavy atom. The van der Waals surface area contributed by atoms with Gasteiger partial charge in [-0.05, 0) is 5.56 Å². The number of ether oxygens (including phenoxy) is 4. The van der Waals surface area contributed by atoms with E-state index in [1.54, 1.807) is 60.7 Å². The van der Waals surface area contributed by atoms with Crippen LogP contribution in [-0.2, 0) is 23.7 Å². The summed E-state index contributed by atoms with van der Waals surface area (Å²) in [7, 11) is 0. The molecule has 8 heteroatoms. The molecule has 6 rings (SSSR count). The fourth-order valence-electron chi connectivity index (χ4n) is 4.94. The molecule has 8 nitrogen and oxygen atoms in total. The largest absolute Gasteiger partial charge is 0.438 e. The number of Topliss-reactive ketones (excluding diaryl/α,β-unsaturated/α-hetero) is 1. The van der Waals surface area contributed by atoms with Gasteiger partial charge in [-0.3, -0.25) is 9.59 Å². The molecular formula is C28H23NO7. The number of carbonyl (C=O) groups excluding carboxylic acids is 3. The maximum atomic E-state index is 13.9. The summed E-state index contributed by atoms with van der Waals surface area (Å²) < 4.78 is 23.6. The SMILES string of the molecule is O=C(c1ccccc1)[C@H](C(=O)N1C(=O)O[C@@H]2[C@H]3O[C@@H](c4ccccc4)OC[C@H]3O[C@@H]21)c1ccccc1. The van der Waals surface area contributed by atoms with Crippen molar-refractivity contribution in [3.63, 3.8) is 0 Å². The van der Waals surface area contributed by atoms with Crippen LogP contribution >= 0.6 is 0 Å². The number of ketones is 1. The van der Waals surface area contributed by atoms with Crippen molar-refractivity contribution in [2.24, 2.45) is 0 Å². The Hall–Kier alpha value is -3.85. The predicted octanol–water partition coefficient (Wildman–Crippen LogP) is 3.84. The molecule has 3 saturated heterocycles. The van der Waals surface area contributed by atoms with Gasteiger partial charge in [0.1, 0.15) is 18.1 Å². The Kier molecular flexibility index (Phi) is 5.85. The van der Waals surface area contributed by atoms with E-state index in [2.05, 4.69) is 0 Å². The van der Waals surface area contributed by atoms with Gasteiger partial charge in [0.25, 0.3) is 0 Å². The molecule has 0 spiro atoms. The number of benzene rings is 3. The first kappa shape index (κ1) is 22.6. The number of hydrogen-bond donors (Lipinski definition) is 0. The van der Waals surface area contributed by atoms with Crippen LogP contribution < -0.4 is 0 Å². The second kappa shape index (κ2) is 9.31. The molecule has 3 aromatic rings. The van der Waals surface area contributed by atoms with Gasteiger partial charge in [0.05, 0.1) is 6.61 Å². The minimum atomic E-state index is -1.24. The van der Waals surface area contributed by atoms with E-state index in [4.69, 9.17) is 18.9 Å². The van der Waals surface area contributed by atoms with Crippen LogP contribution in [0, 0.1) is 0 Å². The summed E-state index contributed by atoms with van der Waals surface area (Å²) in [6.07, 6.45) is -4.49. The third kappa shape index (κ3) is 3.89. The van der Waals surface area contributed by atoms with Crippen LogP contribution in [0.1, 0.15) is 33.7 Å². The van der Waals surface area contributed by atoms with Crippen molar-refractivity contribution in [3.05, 3.63) is 108 Å². The van der Waals surface area contributed by atoms with Crippen molar-refractivity contribution in [3.8, 4) is 0 Å². The molecular weight excluding hydrogens is 462 g/mol. The van der Waals surface area contributed by atoms with Crippen molar-refractivity contribution in [1.82, 2.24) is 4.90 Å². The molecule has 0 aliphatic carbocycles. The van der Waals surface area contributed by atoms with Gasteiger partial charge in [-0.1, -0.05) is 91.0 Å². The van der Waals surface area contributed by atoms with Crippen LogP contribution in [0.5, 0.6) is 0 Å². The van der Waals surface area contributed by atoms with Gasteiger partial charge in [-0.15, -0.1) is 0 Å². The number of imide groups is 1. The fourth-order valence-corrected chi connectivity index (χ4v) is 4.94. The summed E-state index contributed by atoms with van der Waals surface area (Å²) in [6, 6.07) is 26.6. The predicted molar refractivity (Wildman–Crippen MR) is 126 cm³/mol. The third-order valence-electron chi connectivity index (χ3n) is 6.68. The van der Waals surface area contributed by atoms with Gasteiger partial charge in [0.2, 0.25) is 5.91 Å². The number of hydrogen-bond acceptors (Lipinski definition) is 7. The Balaban J connectivity index is 1.28. The lowest BCUT2D eigenvalue weighted by atomic mass is 9.89. The van der Waals surface area contributed by atoms with E-state index in [-0.39, 0.29) is 6.61 Å². The fraction of sp³-hybridized carbons (Fsp3) is 0.250. The first-order chi connectivity index (χ1) is 17.6. The topological polar surface area (TPSA) is 91.4 Å². The summed E-state index contributed by atoms with van der Waals surface area (Å²) in [5, 5.41) is 0. The number of nitrogens with zero attached hydrogens (tertiary/aromatic N) is 1. The lowest BCUT2D eigenvalue weighted by Crippen LogP contribution is -2.45. The molecule has 0 saturated carbocycles. The zero-order valence-electron chi connectivity index (χ0n) is 19.1. The molecule has 0 unspecified atom stereocenters. The van der Waals surface area contributed by atoms with E-state index in [0.29, 0.717) is 11.1 Å². The molecule has 182 valence electrons. The molecule has 0 radical (unpaired) electrons. The lowest BCUT2D eigenvalue weighted by Gasteiger charge is -2.33. The Bertz CT molecular complexity index is 1270.